The van der Waals surface area contributed by atoms with Gasteiger partial charge in [0.2, 0.25) is 5.91 Å². The summed E-state index contributed by atoms with van der Waals surface area (Å²) < 4.78 is 6.88. The minimum atomic E-state index is -0.301. The SMILES string of the molecule is CC1=C(N2CCC3(CCN(CCc4ccc5c(ccc6nnnn65)c4)CC3)C2=O)COC1=O. The highest BCUT2D eigenvalue weighted by atomic mass is 16.5. The molecule has 3 aliphatic heterocycles. The van der Waals surface area contributed by atoms with E-state index in [1.54, 1.807) is 11.4 Å². The van der Waals surface area contributed by atoms with Crippen molar-refractivity contribution in [1.82, 2.24) is 29.8 Å². The lowest BCUT2D eigenvalue weighted by molar-refractivity contribution is -0.138. The molecule has 2 saturated heterocycles. The summed E-state index contributed by atoms with van der Waals surface area (Å²) in [5.41, 5.74) is 4.09. The van der Waals surface area contributed by atoms with Crippen molar-refractivity contribution < 1.29 is 14.3 Å². The zero-order valence-corrected chi connectivity index (χ0v) is 18.7. The molecule has 0 saturated carbocycles. The van der Waals surface area contributed by atoms with Gasteiger partial charge in [-0.2, -0.15) is 4.52 Å². The number of ether oxygens (including phenoxy) is 1. The van der Waals surface area contributed by atoms with Crippen molar-refractivity contribution in [2.75, 3.05) is 32.8 Å². The van der Waals surface area contributed by atoms with Crippen LogP contribution in [-0.2, 0) is 20.7 Å². The second kappa shape index (κ2) is 7.62. The Morgan fingerprint density at radius 3 is 2.67 bits per heavy atom. The maximum Gasteiger partial charge on any atom is 0.336 e. The summed E-state index contributed by atoms with van der Waals surface area (Å²) >= 11 is 0. The largest absolute Gasteiger partial charge is 0.456 e. The molecule has 2 aromatic heterocycles. The maximum absolute atomic E-state index is 13.3. The number of tetrazole rings is 1. The molecule has 1 aromatic carbocycles. The molecule has 0 atom stereocenters. The highest BCUT2D eigenvalue weighted by molar-refractivity contribution is 5.94. The number of hydrogen-bond acceptors (Lipinski definition) is 7. The van der Waals surface area contributed by atoms with Crippen molar-refractivity contribution >= 4 is 28.4 Å². The molecule has 1 spiro atoms. The lowest BCUT2D eigenvalue weighted by Crippen LogP contribution is -2.45. The topological polar surface area (TPSA) is 92.9 Å². The molecule has 1 amide bonds. The molecule has 9 nitrogen and oxygen atoms in total. The Kier molecular flexibility index (Phi) is 4.69. The zero-order chi connectivity index (χ0) is 22.6. The van der Waals surface area contributed by atoms with Gasteiger partial charge in [-0.25, -0.2) is 4.79 Å². The number of fused-ring (bicyclic) bond motifs is 3. The van der Waals surface area contributed by atoms with Gasteiger partial charge >= 0.3 is 5.97 Å². The van der Waals surface area contributed by atoms with Crippen molar-refractivity contribution in [1.29, 1.82) is 0 Å². The third-order valence-corrected chi connectivity index (χ3v) is 7.67. The van der Waals surface area contributed by atoms with E-state index < -0.39 is 0 Å². The second-order valence-corrected chi connectivity index (χ2v) is 9.40. The number of amides is 1. The van der Waals surface area contributed by atoms with Crippen LogP contribution in [0.1, 0.15) is 31.7 Å². The number of piperidine rings is 1. The molecule has 5 heterocycles. The van der Waals surface area contributed by atoms with E-state index in [1.807, 2.05) is 11.0 Å². The summed E-state index contributed by atoms with van der Waals surface area (Å²) in [6.07, 6.45) is 3.57. The first-order chi connectivity index (χ1) is 16.0. The van der Waals surface area contributed by atoms with Crippen molar-refractivity contribution in [3.8, 4) is 0 Å². The van der Waals surface area contributed by atoms with Gasteiger partial charge in [-0.3, -0.25) is 4.79 Å². The minimum Gasteiger partial charge on any atom is -0.456 e. The number of benzene rings is 1. The monoisotopic (exact) mass is 446 g/mol. The number of cyclic esters (lactones) is 1. The average molecular weight is 447 g/mol. The first-order valence-electron chi connectivity index (χ1n) is 11.6. The first-order valence-corrected chi connectivity index (χ1v) is 11.6. The molecule has 0 aliphatic carbocycles. The number of esters is 1. The van der Waals surface area contributed by atoms with Crippen molar-refractivity contribution in [3.63, 3.8) is 0 Å². The lowest BCUT2D eigenvalue weighted by Gasteiger charge is -2.38. The Bertz CT molecular complexity index is 1300. The normalized spacial score (nSPS) is 21.2. The molecule has 0 N–H and O–H groups in total. The van der Waals surface area contributed by atoms with Crippen molar-refractivity contribution in [3.05, 3.63) is 47.2 Å². The summed E-state index contributed by atoms with van der Waals surface area (Å²) in [6.45, 7) is 5.48. The molecular formula is C24H26N6O3. The van der Waals surface area contributed by atoms with Gasteiger partial charge in [-0.1, -0.05) is 6.07 Å². The van der Waals surface area contributed by atoms with Gasteiger partial charge in [0.15, 0.2) is 5.65 Å². The number of likely N-dealkylation sites (tertiary alicyclic amines) is 2. The molecule has 0 bridgehead atoms. The van der Waals surface area contributed by atoms with Crippen molar-refractivity contribution in [2.45, 2.75) is 32.6 Å². The van der Waals surface area contributed by atoms with E-state index in [-0.39, 0.29) is 23.9 Å². The van der Waals surface area contributed by atoms with E-state index in [0.29, 0.717) is 12.1 Å². The third kappa shape index (κ3) is 3.30. The van der Waals surface area contributed by atoms with Crippen LogP contribution in [0.3, 0.4) is 0 Å². The molecule has 6 rings (SSSR count). The molecule has 9 heteroatoms. The van der Waals surface area contributed by atoms with E-state index >= 15 is 0 Å². The van der Waals surface area contributed by atoms with Crippen LogP contribution < -0.4 is 0 Å². The van der Waals surface area contributed by atoms with E-state index in [2.05, 4.69) is 44.7 Å². The van der Waals surface area contributed by atoms with Gasteiger partial charge in [-0.15, -0.1) is 5.10 Å². The number of hydrogen-bond donors (Lipinski definition) is 0. The summed E-state index contributed by atoms with van der Waals surface area (Å²) in [7, 11) is 0. The smallest absolute Gasteiger partial charge is 0.336 e. The summed E-state index contributed by atoms with van der Waals surface area (Å²) in [5.74, 6) is -0.122. The predicted molar refractivity (Wildman–Crippen MR) is 120 cm³/mol. The fraction of sp³-hybridized carbons (Fsp3) is 0.458. The quantitative estimate of drug-likeness (QED) is 0.566. The van der Waals surface area contributed by atoms with Gasteiger partial charge in [0.05, 0.1) is 22.2 Å². The molecule has 2 fully saturated rings. The van der Waals surface area contributed by atoms with Crippen LogP contribution in [0.4, 0.5) is 0 Å². The number of carbonyl (C=O) groups excluding carboxylic acids is 2. The highest BCUT2D eigenvalue weighted by Gasteiger charge is 2.49. The zero-order valence-electron chi connectivity index (χ0n) is 18.7. The minimum absolute atomic E-state index is 0.179. The fourth-order valence-corrected chi connectivity index (χ4v) is 5.50. The highest BCUT2D eigenvalue weighted by Crippen LogP contribution is 2.43. The van der Waals surface area contributed by atoms with Crippen LogP contribution in [-0.4, -0.2) is 74.5 Å². The molecule has 33 heavy (non-hydrogen) atoms. The van der Waals surface area contributed by atoms with Gasteiger partial charge in [0, 0.05) is 18.5 Å². The Balaban J connectivity index is 1.09. The van der Waals surface area contributed by atoms with Crippen LogP contribution in [0.2, 0.25) is 0 Å². The number of rotatable bonds is 4. The second-order valence-electron chi connectivity index (χ2n) is 9.40. The number of carbonyl (C=O) groups is 2. The van der Waals surface area contributed by atoms with E-state index in [1.165, 1.54) is 5.56 Å². The van der Waals surface area contributed by atoms with Crippen LogP contribution in [0.5, 0.6) is 0 Å². The average Bonchev–Trinajstić information content (AvgIpc) is 3.53. The van der Waals surface area contributed by atoms with Gasteiger partial charge < -0.3 is 14.5 Å². The fourth-order valence-electron chi connectivity index (χ4n) is 5.50. The molecule has 170 valence electrons. The van der Waals surface area contributed by atoms with Crippen molar-refractivity contribution in [2.24, 2.45) is 5.41 Å². The lowest BCUT2D eigenvalue weighted by atomic mass is 9.77. The Hall–Kier alpha value is -3.33. The van der Waals surface area contributed by atoms with Gasteiger partial charge in [0.1, 0.15) is 6.61 Å². The molecule has 3 aliphatic rings. The van der Waals surface area contributed by atoms with E-state index in [4.69, 9.17) is 4.74 Å². The van der Waals surface area contributed by atoms with E-state index in [0.717, 1.165) is 67.6 Å². The number of pyridine rings is 1. The number of aromatic nitrogens is 4. The van der Waals surface area contributed by atoms with Gasteiger partial charge in [-0.05, 0) is 86.0 Å². The Morgan fingerprint density at radius 1 is 1.06 bits per heavy atom. The molecule has 0 radical (unpaired) electrons. The maximum atomic E-state index is 13.3. The number of nitrogens with zero attached hydrogens (tertiary/aromatic N) is 6. The predicted octanol–water partition coefficient (Wildman–Crippen LogP) is 1.97. The first kappa shape index (κ1) is 20.3. The van der Waals surface area contributed by atoms with E-state index in [9.17, 15) is 9.59 Å². The molecular weight excluding hydrogens is 420 g/mol. The standard InChI is InChI=1S/C24H26N6O3/c1-16-20(15-33-22(16)31)29-13-9-24(23(29)32)7-11-28(12-8-24)10-6-17-2-4-19-18(14-17)3-5-21-25-26-27-30(19)21/h2-5,14H,6-13,15H2,1H3. The van der Waals surface area contributed by atoms with Crippen LogP contribution in [0.15, 0.2) is 41.6 Å². The molecule has 0 unspecified atom stereocenters. The Labute approximate surface area is 191 Å². The molecule has 3 aromatic rings. The summed E-state index contributed by atoms with van der Waals surface area (Å²) in [5, 5.41) is 12.9. The van der Waals surface area contributed by atoms with Crippen LogP contribution >= 0.6 is 0 Å². The third-order valence-electron chi connectivity index (χ3n) is 7.67. The van der Waals surface area contributed by atoms with Crippen LogP contribution in [0, 0.1) is 5.41 Å². The summed E-state index contributed by atoms with van der Waals surface area (Å²) in [6, 6.07) is 10.4. The Morgan fingerprint density at radius 2 is 1.88 bits per heavy atom. The van der Waals surface area contributed by atoms with Crippen LogP contribution in [0.25, 0.3) is 16.6 Å². The summed E-state index contributed by atoms with van der Waals surface area (Å²) in [4.78, 5) is 29.3. The van der Waals surface area contributed by atoms with Gasteiger partial charge in [0.25, 0.3) is 0 Å².